The highest BCUT2D eigenvalue weighted by Gasteiger charge is 2.15. The number of carbonyl (C=O) groups is 2. The van der Waals surface area contributed by atoms with Crippen LogP contribution in [0.3, 0.4) is 0 Å². The Morgan fingerprint density at radius 1 is 1.28 bits per heavy atom. The van der Waals surface area contributed by atoms with Gasteiger partial charge >= 0.3 is 5.97 Å². The first-order chi connectivity index (χ1) is 8.54. The lowest BCUT2D eigenvalue weighted by atomic mass is 10.2. The second-order valence-corrected chi connectivity index (χ2v) is 3.57. The van der Waals surface area contributed by atoms with Crippen LogP contribution < -0.4 is 5.32 Å². The van der Waals surface area contributed by atoms with Crippen molar-refractivity contribution in [3.8, 4) is 0 Å². The summed E-state index contributed by atoms with van der Waals surface area (Å²) in [6, 6.07) is 7.56. The normalized spacial score (nSPS) is 10.1. The maximum atomic E-state index is 11.3. The number of nitrogens with one attached hydrogen (secondary N) is 2. The van der Waals surface area contributed by atoms with Crippen molar-refractivity contribution in [3.63, 3.8) is 0 Å². The molecule has 0 amide bonds. The molecule has 0 spiro atoms. The molecule has 2 N–H and O–H groups in total. The van der Waals surface area contributed by atoms with Crippen molar-refractivity contribution in [2.45, 2.75) is 6.92 Å². The van der Waals surface area contributed by atoms with E-state index in [-0.39, 0.29) is 0 Å². The number of ether oxygens (including phenoxy) is 1. The Balaban J connectivity index is 2.55. The molecule has 18 heavy (non-hydrogen) atoms. The van der Waals surface area contributed by atoms with Crippen LogP contribution in [0.1, 0.15) is 5.56 Å². The van der Waals surface area contributed by atoms with Crippen molar-refractivity contribution in [2.24, 2.45) is 0 Å². The first-order valence-corrected chi connectivity index (χ1v) is 5.25. The molecule has 0 saturated heterocycles. The number of rotatable bonds is 5. The molecule has 0 unspecified atom stereocenters. The summed E-state index contributed by atoms with van der Waals surface area (Å²) in [7, 11) is 1.12. The van der Waals surface area contributed by atoms with Crippen LogP contribution in [-0.2, 0) is 14.3 Å². The molecule has 1 aromatic rings. The van der Waals surface area contributed by atoms with E-state index in [0.29, 0.717) is 0 Å². The van der Waals surface area contributed by atoms with Crippen LogP contribution in [0.25, 0.3) is 0 Å². The lowest BCUT2D eigenvalue weighted by molar-refractivity contribution is -0.133. The SMILES string of the molecule is COC(=O)C(=N)C(=O)/C=C\Nc1ccc(C)cc1. The van der Waals surface area contributed by atoms with Crippen molar-refractivity contribution in [2.75, 3.05) is 12.4 Å². The lowest BCUT2D eigenvalue weighted by Gasteiger charge is -2.00. The van der Waals surface area contributed by atoms with Gasteiger partial charge in [0.1, 0.15) is 0 Å². The number of esters is 1. The van der Waals surface area contributed by atoms with Crippen LogP contribution >= 0.6 is 0 Å². The van der Waals surface area contributed by atoms with E-state index in [1.807, 2.05) is 31.2 Å². The zero-order valence-electron chi connectivity index (χ0n) is 10.2. The van der Waals surface area contributed by atoms with Crippen molar-refractivity contribution < 1.29 is 14.3 Å². The van der Waals surface area contributed by atoms with Gasteiger partial charge in [-0.1, -0.05) is 17.7 Å². The summed E-state index contributed by atoms with van der Waals surface area (Å²) in [4.78, 5) is 22.2. The summed E-state index contributed by atoms with van der Waals surface area (Å²) in [6.45, 7) is 1.97. The van der Waals surface area contributed by atoms with E-state index in [0.717, 1.165) is 24.4 Å². The number of carbonyl (C=O) groups excluding carboxylic acids is 2. The maximum absolute atomic E-state index is 11.3. The van der Waals surface area contributed by atoms with Crippen LogP contribution in [0.15, 0.2) is 36.5 Å². The van der Waals surface area contributed by atoms with Gasteiger partial charge in [0.15, 0.2) is 5.71 Å². The van der Waals surface area contributed by atoms with E-state index in [9.17, 15) is 9.59 Å². The maximum Gasteiger partial charge on any atom is 0.360 e. The minimum atomic E-state index is -0.944. The van der Waals surface area contributed by atoms with Crippen LogP contribution in [0.5, 0.6) is 0 Å². The molecule has 5 heteroatoms. The van der Waals surface area contributed by atoms with E-state index in [1.165, 1.54) is 6.20 Å². The molecule has 0 saturated carbocycles. The molecule has 94 valence electrons. The van der Waals surface area contributed by atoms with E-state index in [1.54, 1.807) is 0 Å². The van der Waals surface area contributed by atoms with Gasteiger partial charge in [0.2, 0.25) is 5.78 Å². The molecule has 0 aliphatic rings. The lowest BCUT2D eigenvalue weighted by Crippen LogP contribution is -2.22. The number of allylic oxidation sites excluding steroid dienone is 1. The van der Waals surface area contributed by atoms with Crippen molar-refractivity contribution >= 4 is 23.2 Å². The molecule has 0 fully saturated rings. The zero-order chi connectivity index (χ0) is 13.5. The summed E-state index contributed by atoms with van der Waals surface area (Å²) in [6.07, 6.45) is 2.49. The average molecular weight is 246 g/mol. The molecule has 0 bridgehead atoms. The first-order valence-electron chi connectivity index (χ1n) is 5.25. The average Bonchev–Trinajstić information content (AvgIpc) is 2.39. The highest BCUT2D eigenvalue weighted by Crippen LogP contribution is 2.08. The van der Waals surface area contributed by atoms with E-state index >= 15 is 0 Å². The molecule has 0 aliphatic heterocycles. The number of ketones is 1. The highest BCUT2D eigenvalue weighted by molar-refractivity contribution is 6.65. The van der Waals surface area contributed by atoms with Gasteiger partial charge in [0.25, 0.3) is 0 Å². The summed E-state index contributed by atoms with van der Waals surface area (Å²) in [5.74, 6) is -1.65. The van der Waals surface area contributed by atoms with Crippen molar-refractivity contribution in [3.05, 3.63) is 42.1 Å². The Labute approximate surface area is 105 Å². The fraction of sp³-hybridized carbons (Fsp3) is 0.154. The molecule has 0 radical (unpaired) electrons. The fourth-order valence-electron chi connectivity index (χ4n) is 1.15. The largest absolute Gasteiger partial charge is 0.464 e. The van der Waals surface area contributed by atoms with E-state index in [2.05, 4.69) is 10.1 Å². The molecular formula is C13H14N2O3. The van der Waals surface area contributed by atoms with Gasteiger partial charge in [0.05, 0.1) is 7.11 Å². The third-order valence-electron chi connectivity index (χ3n) is 2.17. The Bertz CT molecular complexity index is 489. The summed E-state index contributed by atoms with van der Waals surface area (Å²) in [5.41, 5.74) is 1.25. The van der Waals surface area contributed by atoms with Crippen LogP contribution in [-0.4, -0.2) is 24.6 Å². The quantitative estimate of drug-likeness (QED) is 0.358. The summed E-state index contributed by atoms with van der Waals surface area (Å²) in [5, 5.41) is 10.1. The molecule has 1 aromatic carbocycles. The minimum Gasteiger partial charge on any atom is -0.464 e. The van der Waals surface area contributed by atoms with Gasteiger partial charge < -0.3 is 10.1 Å². The molecule has 5 nitrogen and oxygen atoms in total. The second kappa shape index (κ2) is 6.34. The zero-order valence-corrected chi connectivity index (χ0v) is 10.2. The molecule has 1 rings (SSSR count). The standard InChI is InChI=1S/C13H14N2O3/c1-9-3-5-10(6-4-9)15-8-7-11(16)12(14)13(17)18-2/h3-8,14-15H,1-2H3/b8-7-,14-12?. The molecule has 0 aromatic heterocycles. The van der Waals surface area contributed by atoms with Gasteiger partial charge in [-0.3, -0.25) is 10.2 Å². The predicted molar refractivity (Wildman–Crippen MR) is 68.7 cm³/mol. The van der Waals surface area contributed by atoms with Crippen LogP contribution in [0.2, 0.25) is 0 Å². The second-order valence-electron chi connectivity index (χ2n) is 3.57. The molecule has 0 heterocycles. The number of hydrogen-bond donors (Lipinski definition) is 2. The van der Waals surface area contributed by atoms with Crippen LogP contribution in [0.4, 0.5) is 5.69 Å². The van der Waals surface area contributed by atoms with Crippen molar-refractivity contribution in [1.29, 1.82) is 5.41 Å². The fourth-order valence-corrected chi connectivity index (χ4v) is 1.15. The van der Waals surface area contributed by atoms with Gasteiger partial charge in [-0.25, -0.2) is 4.79 Å². The number of hydrogen-bond acceptors (Lipinski definition) is 5. The van der Waals surface area contributed by atoms with Crippen LogP contribution in [0, 0.1) is 12.3 Å². The van der Waals surface area contributed by atoms with E-state index < -0.39 is 17.5 Å². The predicted octanol–water partition coefficient (Wildman–Crippen LogP) is 1.68. The molecule has 0 aliphatic carbocycles. The number of methoxy groups -OCH3 is 1. The van der Waals surface area contributed by atoms with Crippen molar-refractivity contribution in [1.82, 2.24) is 0 Å². The number of aryl methyl sites for hydroxylation is 1. The molecular weight excluding hydrogens is 232 g/mol. The smallest absolute Gasteiger partial charge is 0.360 e. The highest BCUT2D eigenvalue weighted by atomic mass is 16.5. The van der Waals surface area contributed by atoms with Gasteiger partial charge in [-0.15, -0.1) is 0 Å². The van der Waals surface area contributed by atoms with Gasteiger partial charge in [-0.05, 0) is 19.1 Å². The minimum absolute atomic E-state index is 0.695. The monoisotopic (exact) mass is 246 g/mol. The van der Waals surface area contributed by atoms with Gasteiger partial charge in [0, 0.05) is 18.0 Å². The Morgan fingerprint density at radius 3 is 2.44 bits per heavy atom. The third kappa shape index (κ3) is 3.86. The topological polar surface area (TPSA) is 79.2 Å². The third-order valence-corrected chi connectivity index (χ3v) is 2.17. The number of benzene rings is 1. The Hall–Kier alpha value is -2.43. The number of anilines is 1. The first kappa shape index (κ1) is 13.6. The summed E-state index contributed by atoms with van der Waals surface area (Å²) < 4.78 is 4.27. The Kier molecular flexibility index (Phi) is 4.80. The van der Waals surface area contributed by atoms with E-state index in [4.69, 9.17) is 5.41 Å². The van der Waals surface area contributed by atoms with Gasteiger partial charge in [-0.2, -0.15) is 0 Å². The summed E-state index contributed by atoms with van der Waals surface area (Å²) >= 11 is 0. The Morgan fingerprint density at radius 2 is 1.89 bits per heavy atom. The molecule has 0 atom stereocenters.